The van der Waals surface area contributed by atoms with Crippen LogP contribution in [0.2, 0.25) is 0 Å². The van der Waals surface area contributed by atoms with E-state index < -0.39 is 9.84 Å². The molecule has 0 bridgehead atoms. The molecule has 2 heterocycles. The van der Waals surface area contributed by atoms with Crippen molar-refractivity contribution in [3.8, 4) is 0 Å². The van der Waals surface area contributed by atoms with Crippen molar-refractivity contribution in [3.05, 3.63) is 21.7 Å². The van der Waals surface area contributed by atoms with Gasteiger partial charge in [0.2, 0.25) is 5.89 Å². The summed E-state index contributed by atoms with van der Waals surface area (Å²) in [4.78, 5) is 4.28. The third-order valence-corrected chi connectivity index (χ3v) is 6.13. The molecule has 0 aliphatic heterocycles. The van der Waals surface area contributed by atoms with Gasteiger partial charge in [-0.15, -0.1) is 21.5 Å². The summed E-state index contributed by atoms with van der Waals surface area (Å²) in [7, 11) is -3.37. The van der Waals surface area contributed by atoms with Crippen molar-refractivity contribution in [2.45, 2.75) is 56.5 Å². The summed E-state index contributed by atoms with van der Waals surface area (Å²) in [5.74, 6) is 0.746. The highest BCUT2D eigenvalue weighted by Gasteiger charge is 2.24. The molecular weight excluding hydrogens is 324 g/mol. The molecule has 0 unspecified atom stereocenters. The average Bonchev–Trinajstić information content (AvgIpc) is 3.08. The van der Waals surface area contributed by atoms with Crippen LogP contribution >= 0.6 is 11.3 Å². The fourth-order valence-electron chi connectivity index (χ4n) is 2.67. The maximum absolute atomic E-state index is 12.2. The minimum Gasteiger partial charge on any atom is -0.339 e. The van der Waals surface area contributed by atoms with Crippen LogP contribution in [0.15, 0.2) is 4.52 Å². The van der Waals surface area contributed by atoms with Crippen molar-refractivity contribution in [1.82, 2.24) is 20.3 Å². The molecule has 1 aliphatic rings. The zero-order chi connectivity index (χ0) is 15.6. The lowest BCUT2D eigenvalue weighted by Crippen LogP contribution is -2.09. The van der Waals surface area contributed by atoms with E-state index in [-0.39, 0.29) is 23.2 Å². The summed E-state index contributed by atoms with van der Waals surface area (Å²) in [5.41, 5.74) is 0. The highest BCUT2D eigenvalue weighted by molar-refractivity contribution is 7.89. The zero-order valence-corrected chi connectivity index (χ0v) is 14.0. The Hall–Kier alpha value is -1.35. The molecule has 1 saturated carbocycles. The van der Waals surface area contributed by atoms with Gasteiger partial charge in [0.1, 0.15) is 21.5 Å². The van der Waals surface area contributed by atoms with Crippen molar-refractivity contribution >= 4 is 21.2 Å². The van der Waals surface area contributed by atoms with Crippen LogP contribution < -0.4 is 0 Å². The van der Waals surface area contributed by atoms with Crippen LogP contribution in [0.4, 0.5) is 0 Å². The van der Waals surface area contributed by atoms with E-state index in [1.807, 2.05) is 0 Å². The lowest BCUT2D eigenvalue weighted by Gasteiger charge is -2.17. The predicted molar refractivity (Wildman–Crippen MR) is 81.1 cm³/mol. The number of rotatable bonds is 5. The first-order valence-electron chi connectivity index (χ1n) is 7.34. The Morgan fingerprint density at radius 1 is 1.18 bits per heavy atom. The fourth-order valence-corrected chi connectivity index (χ4v) is 5.00. The van der Waals surface area contributed by atoms with Crippen LogP contribution in [-0.4, -0.2) is 28.8 Å². The van der Waals surface area contributed by atoms with Gasteiger partial charge in [0, 0.05) is 5.92 Å². The van der Waals surface area contributed by atoms with Crippen molar-refractivity contribution in [2.24, 2.45) is 0 Å². The third kappa shape index (κ3) is 3.89. The van der Waals surface area contributed by atoms with E-state index in [4.69, 9.17) is 4.52 Å². The lowest BCUT2D eigenvalue weighted by molar-refractivity contribution is 0.312. The van der Waals surface area contributed by atoms with Crippen LogP contribution in [-0.2, 0) is 21.3 Å². The Morgan fingerprint density at radius 2 is 1.95 bits per heavy atom. The van der Waals surface area contributed by atoms with E-state index in [2.05, 4.69) is 20.3 Å². The number of hydrogen-bond acceptors (Lipinski definition) is 8. The molecule has 0 amide bonds. The monoisotopic (exact) mass is 342 g/mol. The first kappa shape index (κ1) is 15.5. The van der Waals surface area contributed by atoms with Gasteiger partial charge in [0.25, 0.3) is 0 Å². The first-order valence-corrected chi connectivity index (χ1v) is 9.97. The predicted octanol–water partition coefficient (Wildman–Crippen LogP) is 2.39. The molecule has 3 rings (SSSR count). The molecule has 1 fully saturated rings. The smallest absolute Gasteiger partial charge is 0.229 e. The maximum Gasteiger partial charge on any atom is 0.229 e. The number of nitrogens with zero attached hydrogens (tertiary/aromatic N) is 4. The SMILES string of the molecule is Cc1nnc(CS(=O)(=O)Cc2noc(C3CCCCC3)n2)s1. The molecule has 120 valence electrons. The average molecular weight is 342 g/mol. The van der Waals surface area contributed by atoms with E-state index in [0.29, 0.717) is 10.9 Å². The van der Waals surface area contributed by atoms with Crippen LogP contribution in [0.25, 0.3) is 0 Å². The van der Waals surface area contributed by atoms with Gasteiger partial charge in [0.15, 0.2) is 15.7 Å². The van der Waals surface area contributed by atoms with Crippen molar-refractivity contribution in [3.63, 3.8) is 0 Å². The van der Waals surface area contributed by atoms with Crippen LogP contribution in [0, 0.1) is 6.92 Å². The number of aryl methyl sites for hydroxylation is 1. The summed E-state index contributed by atoms with van der Waals surface area (Å²) < 4.78 is 29.6. The molecular formula is C13H18N4O3S2. The van der Waals surface area contributed by atoms with E-state index in [1.54, 1.807) is 6.92 Å². The summed E-state index contributed by atoms with van der Waals surface area (Å²) >= 11 is 1.29. The molecule has 22 heavy (non-hydrogen) atoms. The van der Waals surface area contributed by atoms with Gasteiger partial charge < -0.3 is 4.52 Å². The van der Waals surface area contributed by atoms with Crippen LogP contribution in [0.5, 0.6) is 0 Å². The fraction of sp³-hybridized carbons (Fsp3) is 0.692. The second-order valence-corrected chi connectivity index (χ2v) is 8.96. The summed E-state index contributed by atoms with van der Waals surface area (Å²) in [6.07, 6.45) is 5.65. The second kappa shape index (κ2) is 6.41. The molecule has 0 radical (unpaired) electrons. The van der Waals surface area contributed by atoms with Gasteiger partial charge in [-0.05, 0) is 19.8 Å². The normalized spacial score (nSPS) is 17.0. The summed E-state index contributed by atoms with van der Waals surface area (Å²) in [5, 5.41) is 12.7. The van der Waals surface area contributed by atoms with Gasteiger partial charge in [-0.3, -0.25) is 0 Å². The largest absolute Gasteiger partial charge is 0.339 e. The molecule has 7 nitrogen and oxygen atoms in total. The Morgan fingerprint density at radius 3 is 2.64 bits per heavy atom. The summed E-state index contributed by atoms with van der Waals surface area (Å²) in [6.45, 7) is 1.80. The number of hydrogen-bond donors (Lipinski definition) is 0. The minimum absolute atomic E-state index is 0.133. The van der Waals surface area contributed by atoms with Gasteiger partial charge in [0.05, 0.1) is 0 Å². The standard InChI is InChI=1S/C13H18N4O3S2/c1-9-15-16-12(21-9)8-22(18,19)7-11-14-13(20-17-11)10-5-3-2-4-6-10/h10H,2-8H2,1H3. The highest BCUT2D eigenvalue weighted by atomic mass is 32.2. The van der Waals surface area contributed by atoms with Crippen molar-refractivity contribution < 1.29 is 12.9 Å². The van der Waals surface area contributed by atoms with Gasteiger partial charge >= 0.3 is 0 Å². The molecule has 0 atom stereocenters. The van der Waals surface area contributed by atoms with E-state index in [1.165, 1.54) is 17.8 Å². The Bertz CT molecular complexity index is 732. The molecule has 0 N–H and O–H groups in total. The Kier molecular flexibility index (Phi) is 4.53. The molecule has 2 aromatic rings. The molecule has 0 saturated heterocycles. The van der Waals surface area contributed by atoms with E-state index in [9.17, 15) is 8.42 Å². The molecule has 2 aromatic heterocycles. The molecule has 1 aliphatic carbocycles. The van der Waals surface area contributed by atoms with Crippen molar-refractivity contribution in [1.29, 1.82) is 0 Å². The summed E-state index contributed by atoms with van der Waals surface area (Å²) in [6, 6.07) is 0. The van der Waals surface area contributed by atoms with Gasteiger partial charge in [-0.1, -0.05) is 24.4 Å². The lowest BCUT2D eigenvalue weighted by atomic mass is 9.89. The Labute approximate surface area is 133 Å². The quantitative estimate of drug-likeness (QED) is 0.822. The van der Waals surface area contributed by atoms with Crippen LogP contribution in [0.1, 0.15) is 59.8 Å². The second-order valence-electron chi connectivity index (χ2n) is 5.63. The number of aromatic nitrogens is 4. The topological polar surface area (TPSA) is 98.8 Å². The third-order valence-electron chi connectivity index (χ3n) is 3.70. The molecule has 0 aromatic carbocycles. The van der Waals surface area contributed by atoms with E-state index in [0.717, 1.165) is 30.7 Å². The first-order chi connectivity index (χ1) is 10.5. The molecule has 9 heteroatoms. The number of sulfone groups is 1. The minimum atomic E-state index is -3.37. The van der Waals surface area contributed by atoms with Gasteiger partial charge in [-0.25, -0.2) is 8.42 Å². The molecule has 0 spiro atoms. The van der Waals surface area contributed by atoms with Crippen molar-refractivity contribution in [2.75, 3.05) is 0 Å². The Balaban J connectivity index is 1.66. The van der Waals surface area contributed by atoms with Crippen LogP contribution in [0.3, 0.4) is 0 Å². The highest BCUT2D eigenvalue weighted by Crippen LogP contribution is 2.31. The van der Waals surface area contributed by atoms with Gasteiger partial charge in [-0.2, -0.15) is 4.98 Å². The maximum atomic E-state index is 12.2. The zero-order valence-electron chi connectivity index (χ0n) is 12.4. The van der Waals surface area contributed by atoms with E-state index >= 15 is 0 Å².